The first kappa shape index (κ1) is 17.1. The molecule has 26 heavy (non-hydrogen) atoms. The van der Waals surface area contributed by atoms with Crippen LogP contribution in [-0.4, -0.2) is 46.2 Å². The lowest BCUT2D eigenvalue weighted by Crippen LogP contribution is -2.36. The number of carbonyl (C=O) groups is 3. The van der Waals surface area contributed by atoms with Crippen LogP contribution in [0.4, 0.5) is 11.4 Å². The van der Waals surface area contributed by atoms with Crippen LogP contribution in [0.3, 0.4) is 0 Å². The quantitative estimate of drug-likeness (QED) is 0.240. The van der Waals surface area contributed by atoms with E-state index >= 15 is 0 Å². The number of rotatable bonds is 5. The van der Waals surface area contributed by atoms with Gasteiger partial charge in [-0.3, -0.25) is 19.7 Å². The van der Waals surface area contributed by atoms with Gasteiger partial charge in [-0.05, 0) is 19.1 Å². The van der Waals surface area contributed by atoms with Crippen molar-refractivity contribution in [2.45, 2.75) is 13.0 Å². The highest BCUT2D eigenvalue weighted by Gasteiger charge is 2.59. The highest BCUT2D eigenvalue weighted by molar-refractivity contribution is 6.46. The van der Waals surface area contributed by atoms with E-state index in [4.69, 9.17) is 4.74 Å². The van der Waals surface area contributed by atoms with Gasteiger partial charge in [-0.25, -0.2) is 9.69 Å². The summed E-state index contributed by atoms with van der Waals surface area (Å²) >= 11 is 0. The van der Waals surface area contributed by atoms with Crippen LogP contribution in [0, 0.1) is 20.9 Å². The second-order valence-electron chi connectivity index (χ2n) is 5.32. The topological polar surface area (TPSA) is 152 Å². The molecule has 1 fully saturated rings. The number of nitro benzene ring substituents is 1. The number of esters is 1. The van der Waals surface area contributed by atoms with Crippen LogP contribution in [0.1, 0.15) is 6.92 Å². The van der Waals surface area contributed by atoms with Crippen molar-refractivity contribution in [2.24, 2.45) is 16.3 Å². The first-order valence-electron chi connectivity index (χ1n) is 7.41. The fourth-order valence-corrected chi connectivity index (χ4v) is 2.81. The smallest absolute Gasteiger partial charge is 0.355 e. The lowest BCUT2D eigenvalue weighted by Gasteiger charge is -2.16. The highest BCUT2D eigenvalue weighted by atomic mass is 16.6. The molecule has 1 aromatic rings. The zero-order valence-corrected chi connectivity index (χ0v) is 13.3. The van der Waals surface area contributed by atoms with E-state index in [1.165, 1.54) is 12.1 Å². The van der Waals surface area contributed by atoms with Crippen LogP contribution in [0.5, 0.6) is 0 Å². The molecule has 1 aromatic carbocycles. The number of benzene rings is 1. The summed E-state index contributed by atoms with van der Waals surface area (Å²) in [6.45, 7) is 1.56. The largest absolute Gasteiger partial charge is 0.461 e. The van der Waals surface area contributed by atoms with Crippen molar-refractivity contribution in [1.82, 2.24) is 5.12 Å². The third-order valence-corrected chi connectivity index (χ3v) is 3.92. The minimum atomic E-state index is -1.39. The number of nitrogens with zero attached hydrogens (tertiary/aromatic N) is 5. The van der Waals surface area contributed by atoms with E-state index in [1.807, 2.05) is 0 Å². The summed E-state index contributed by atoms with van der Waals surface area (Å²) in [5, 5.41) is 17.4. The lowest BCUT2D eigenvalue weighted by molar-refractivity contribution is -0.384. The molecule has 0 N–H and O–H groups in total. The maximum atomic E-state index is 12.7. The Bertz CT molecular complexity index is 850. The minimum Gasteiger partial charge on any atom is -0.461 e. The standard InChI is InChI=1S/C14H11N5O7/c1-2-26-14(22)10-9-11(18(15-10)16-23)13(21)17(12(9)20)7-3-5-8(6-4-7)19(24)25/h3-6,9,11H,2H2,1H3/t9-,11-/m0/s1. The van der Waals surface area contributed by atoms with Gasteiger partial charge in [-0.1, -0.05) is 0 Å². The number of amides is 2. The van der Waals surface area contributed by atoms with Gasteiger partial charge >= 0.3 is 5.97 Å². The van der Waals surface area contributed by atoms with E-state index in [9.17, 15) is 29.4 Å². The molecule has 0 aliphatic carbocycles. The van der Waals surface area contributed by atoms with Crippen molar-refractivity contribution in [2.75, 3.05) is 11.5 Å². The van der Waals surface area contributed by atoms with Crippen molar-refractivity contribution in [3.63, 3.8) is 0 Å². The number of imide groups is 1. The van der Waals surface area contributed by atoms with Gasteiger partial charge in [-0.2, -0.15) is 0 Å². The molecular formula is C14H11N5O7. The Hall–Kier alpha value is -3.70. The zero-order valence-electron chi connectivity index (χ0n) is 13.3. The summed E-state index contributed by atoms with van der Waals surface area (Å²) in [6, 6.07) is 3.29. The Kier molecular flexibility index (Phi) is 4.16. The van der Waals surface area contributed by atoms with Crippen molar-refractivity contribution >= 4 is 34.9 Å². The number of hydrogen-bond acceptors (Lipinski definition) is 9. The summed E-state index contributed by atoms with van der Waals surface area (Å²) in [7, 11) is 0. The molecule has 0 aromatic heterocycles. The number of hydrazone groups is 1. The molecule has 0 radical (unpaired) electrons. The number of carbonyl (C=O) groups excluding carboxylic acids is 3. The third kappa shape index (κ3) is 2.47. The number of fused-ring (bicyclic) bond motifs is 1. The second kappa shape index (κ2) is 6.31. The Morgan fingerprint density at radius 1 is 1.31 bits per heavy atom. The molecule has 2 amide bonds. The molecule has 2 atom stereocenters. The predicted molar refractivity (Wildman–Crippen MR) is 84.6 cm³/mol. The summed E-state index contributed by atoms with van der Waals surface area (Å²) in [5.41, 5.74) is -0.550. The van der Waals surface area contributed by atoms with Gasteiger partial charge in [0.2, 0.25) is 5.91 Å². The van der Waals surface area contributed by atoms with Crippen LogP contribution in [0.2, 0.25) is 0 Å². The van der Waals surface area contributed by atoms with Gasteiger partial charge in [0.25, 0.3) is 11.6 Å². The number of ether oxygens (including phenoxy) is 1. The zero-order chi connectivity index (χ0) is 19.0. The van der Waals surface area contributed by atoms with Gasteiger partial charge in [0, 0.05) is 12.1 Å². The highest BCUT2D eigenvalue weighted by Crippen LogP contribution is 2.35. The van der Waals surface area contributed by atoms with E-state index in [0.717, 1.165) is 17.0 Å². The van der Waals surface area contributed by atoms with E-state index in [2.05, 4.69) is 10.4 Å². The predicted octanol–water partition coefficient (Wildman–Crippen LogP) is 0.369. The van der Waals surface area contributed by atoms with Gasteiger partial charge in [-0.15, -0.1) is 15.1 Å². The number of nitroso groups, excluding NO2 is 1. The van der Waals surface area contributed by atoms with Gasteiger partial charge < -0.3 is 4.74 Å². The second-order valence-corrected chi connectivity index (χ2v) is 5.32. The van der Waals surface area contributed by atoms with Crippen molar-refractivity contribution in [3.05, 3.63) is 39.3 Å². The first-order chi connectivity index (χ1) is 12.4. The number of hydrogen-bond donors (Lipinski definition) is 0. The maximum absolute atomic E-state index is 12.7. The lowest BCUT2D eigenvalue weighted by atomic mass is 9.98. The van der Waals surface area contributed by atoms with Crippen LogP contribution < -0.4 is 4.90 Å². The van der Waals surface area contributed by atoms with E-state index < -0.39 is 34.7 Å². The minimum absolute atomic E-state index is 0.0119. The summed E-state index contributed by atoms with van der Waals surface area (Å²) in [6.07, 6.45) is 0. The first-order valence-corrected chi connectivity index (χ1v) is 7.41. The van der Waals surface area contributed by atoms with Crippen LogP contribution in [0.15, 0.2) is 34.7 Å². The molecule has 2 aliphatic rings. The average Bonchev–Trinajstić information content (AvgIpc) is 3.12. The molecule has 134 valence electrons. The van der Waals surface area contributed by atoms with E-state index in [0.29, 0.717) is 5.12 Å². The SMILES string of the molecule is CCOC(=O)C1=NN(N=O)[C@@H]2C(=O)N(c3ccc([N+](=O)[O-])cc3)C(=O)[C@@H]12. The third-order valence-electron chi connectivity index (χ3n) is 3.92. The number of non-ortho nitro benzene ring substituents is 1. The van der Waals surface area contributed by atoms with Crippen LogP contribution >= 0.6 is 0 Å². The molecule has 0 saturated carbocycles. The molecule has 2 heterocycles. The number of nitro groups is 1. The van der Waals surface area contributed by atoms with Crippen LogP contribution in [0.25, 0.3) is 0 Å². The van der Waals surface area contributed by atoms with Crippen LogP contribution in [-0.2, 0) is 19.1 Å². The van der Waals surface area contributed by atoms with Crippen molar-refractivity contribution in [3.8, 4) is 0 Å². The summed E-state index contributed by atoms with van der Waals surface area (Å²) < 4.78 is 4.80. The van der Waals surface area contributed by atoms with E-state index in [-0.39, 0.29) is 23.7 Å². The molecule has 12 heteroatoms. The van der Waals surface area contributed by atoms with Gasteiger partial charge in [0.05, 0.1) is 22.5 Å². The average molecular weight is 361 g/mol. The molecular weight excluding hydrogens is 350 g/mol. The molecule has 0 unspecified atom stereocenters. The maximum Gasteiger partial charge on any atom is 0.355 e. The summed E-state index contributed by atoms with van der Waals surface area (Å²) in [4.78, 5) is 59.1. The Balaban J connectivity index is 1.97. The molecule has 0 spiro atoms. The Morgan fingerprint density at radius 2 is 1.96 bits per heavy atom. The molecule has 2 aliphatic heterocycles. The number of anilines is 1. The molecule has 1 saturated heterocycles. The fraction of sp³-hybridized carbons (Fsp3) is 0.286. The molecule has 0 bridgehead atoms. The van der Waals surface area contributed by atoms with Gasteiger partial charge in [0.1, 0.15) is 5.92 Å². The van der Waals surface area contributed by atoms with Crippen molar-refractivity contribution < 1.29 is 24.0 Å². The molecule has 3 rings (SSSR count). The fourth-order valence-electron chi connectivity index (χ4n) is 2.81. The van der Waals surface area contributed by atoms with Gasteiger partial charge in [0.15, 0.2) is 11.8 Å². The summed E-state index contributed by atoms with van der Waals surface area (Å²) in [5.74, 6) is -3.89. The Morgan fingerprint density at radius 3 is 2.50 bits per heavy atom. The normalized spacial score (nSPS) is 21.5. The Labute approximate surface area is 145 Å². The van der Waals surface area contributed by atoms with E-state index in [1.54, 1.807) is 6.92 Å². The van der Waals surface area contributed by atoms with Crippen molar-refractivity contribution in [1.29, 1.82) is 0 Å². The molecule has 12 nitrogen and oxygen atoms in total. The monoisotopic (exact) mass is 361 g/mol.